The zero-order valence-corrected chi connectivity index (χ0v) is 15.0. The van der Waals surface area contributed by atoms with E-state index >= 15 is 0 Å². The van der Waals surface area contributed by atoms with E-state index in [0.717, 1.165) is 6.08 Å². The van der Waals surface area contributed by atoms with Crippen LogP contribution in [0, 0.1) is 5.92 Å². The molecule has 0 saturated carbocycles. The van der Waals surface area contributed by atoms with Crippen molar-refractivity contribution in [2.24, 2.45) is 5.92 Å². The highest BCUT2D eigenvalue weighted by Crippen LogP contribution is 2.10. The lowest BCUT2D eigenvalue weighted by molar-refractivity contribution is -0.151. The molecule has 0 spiro atoms. The second-order valence-corrected chi connectivity index (χ2v) is 6.00. The van der Waals surface area contributed by atoms with Gasteiger partial charge in [-0.2, -0.15) is 0 Å². The van der Waals surface area contributed by atoms with E-state index in [1.54, 1.807) is 20.8 Å². The van der Waals surface area contributed by atoms with Gasteiger partial charge in [0, 0.05) is 19.2 Å². The predicted octanol–water partition coefficient (Wildman–Crippen LogP) is -0.330. The average Bonchev–Trinajstić information content (AvgIpc) is 2.57. The van der Waals surface area contributed by atoms with Gasteiger partial charge in [0.15, 0.2) is 0 Å². The van der Waals surface area contributed by atoms with Gasteiger partial charge in [-0.3, -0.25) is 4.79 Å². The molecule has 2 amide bonds. The smallest absolute Gasteiger partial charge is 0.330 e. The lowest BCUT2D eigenvalue weighted by atomic mass is 10.1. The standard InChI is InChI=1S/C16H28N2O7/c1-5-13(21)24-10-16(4,11-25-14(22)12(2)3)17-15(23)18(6-8-19)7-9-20/h5,12,19-20H,1,6-11H2,2-4H3,(H,17,23). The molecular weight excluding hydrogens is 332 g/mol. The molecular formula is C16H28N2O7. The first-order valence-corrected chi connectivity index (χ1v) is 7.93. The van der Waals surface area contributed by atoms with Crippen LogP contribution in [0.1, 0.15) is 20.8 Å². The van der Waals surface area contributed by atoms with Crippen molar-refractivity contribution < 1.29 is 34.1 Å². The monoisotopic (exact) mass is 360 g/mol. The molecule has 144 valence electrons. The van der Waals surface area contributed by atoms with E-state index in [-0.39, 0.29) is 45.4 Å². The molecule has 0 fully saturated rings. The molecule has 0 aliphatic heterocycles. The molecule has 0 aliphatic rings. The van der Waals surface area contributed by atoms with Crippen LogP contribution in [0.2, 0.25) is 0 Å². The van der Waals surface area contributed by atoms with Gasteiger partial charge in [-0.1, -0.05) is 20.4 Å². The highest BCUT2D eigenvalue weighted by atomic mass is 16.5. The van der Waals surface area contributed by atoms with Gasteiger partial charge in [-0.05, 0) is 6.92 Å². The molecule has 0 saturated heterocycles. The number of urea groups is 1. The van der Waals surface area contributed by atoms with Gasteiger partial charge in [0.25, 0.3) is 0 Å². The highest BCUT2D eigenvalue weighted by Gasteiger charge is 2.32. The molecule has 0 aromatic rings. The Morgan fingerprint density at radius 2 is 1.68 bits per heavy atom. The van der Waals surface area contributed by atoms with E-state index < -0.39 is 23.5 Å². The van der Waals surface area contributed by atoms with E-state index in [2.05, 4.69) is 11.9 Å². The maximum atomic E-state index is 12.3. The first-order chi connectivity index (χ1) is 11.7. The quantitative estimate of drug-likeness (QED) is 0.340. The van der Waals surface area contributed by atoms with Gasteiger partial charge in [0.2, 0.25) is 0 Å². The lowest BCUT2D eigenvalue weighted by Gasteiger charge is -2.32. The topological polar surface area (TPSA) is 125 Å². The Kier molecular flexibility index (Phi) is 10.5. The summed E-state index contributed by atoms with van der Waals surface area (Å²) in [6.07, 6.45) is 0.978. The molecule has 0 aromatic carbocycles. The average molecular weight is 360 g/mol. The zero-order chi connectivity index (χ0) is 19.5. The first kappa shape index (κ1) is 22.9. The van der Waals surface area contributed by atoms with Crippen molar-refractivity contribution in [1.29, 1.82) is 0 Å². The van der Waals surface area contributed by atoms with Crippen LogP contribution in [0.25, 0.3) is 0 Å². The molecule has 1 atom stereocenters. The molecule has 0 aromatic heterocycles. The third kappa shape index (κ3) is 9.06. The van der Waals surface area contributed by atoms with Crippen LogP contribution >= 0.6 is 0 Å². The van der Waals surface area contributed by atoms with E-state index in [1.165, 1.54) is 4.90 Å². The first-order valence-electron chi connectivity index (χ1n) is 7.93. The number of carbonyl (C=O) groups is 3. The van der Waals surface area contributed by atoms with E-state index in [9.17, 15) is 14.4 Å². The molecule has 0 aliphatic carbocycles. The molecule has 1 unspecified atom stereocenters. The number of nitrogens with zero attached hydrogens (tertiary/aromatic N) is 1. The van der Waals surface area contributed by atoms with Crippen LogP contribution in [0.15, 0.2) is 12.7 Å². The van der Waals surface area contributed by atoms with Crippen molar-refractivity contribution in [3.8, 4) is 0 Å². The summed E-state index contributed by atoms with van der Waals surface area (Å²) in [5.41, 5.74) is -1.19. The number of esters is 2. The van der Waals surface area contributed by atoms with Crippen LogP contribution in [-0.2, 0) is 19.1 Å². The Morgan fingerprint density at radius 1 is 1.16 bits per heavy atom. The van der Waals surface area contributed by atoms with Gasteiger partial charge in [-0.15, -0.1) is 0 Å². The Hall–Kier alpha value is -2.13. The third-order valence-corrected chi connectivity index (χ3v) is 3.14. The van der Waals surface area contributed by atoms with Crippen LogP contribution in [0.3, 0.4) is 0 Å². The number of amides is 2. The summed E-state index contributed by atoms with van der Waals surface area (Å²) in [5.74, 6) is -1.49. The lowest BCUT2D eigenvalue weighted by Crippen LogP contribution is -2.57. The Bertz CT molecular complexity index is 461. The number of ether oxygens (including phenoxy) is 2. The number of hydrogen-bond acceptors (Lipinski definition) is 7. The largest absolute Gasteiger partial charge is 0.463 e. The summed E-state index contributed by atoms with van der Waals surface area (Å²) in [5, 5.41) is 20.6. The normalized spacial score (nSPS) is 12.9. The van der Waals surface area contributed by atoms with Crippen LogP contribution in [0.4, 0.5) is 4.79 Å². The van der Waals surface area contributed by atoms with Crippen molar-refractivity contribution >= 4 is 18.0 Å². The molecule has 25 heavy (non-hydrogen) atoms. The number of hydrogen-bond donors (Lipinski definition) is 3. The van der Waals surface area contributed by atoms with E-state index in [4.69, 9.17) is 19.7 Å². The van der Waals surface area contributed by atoms with Crippen LogP contribution in [-0.4, -0.2) is 78.1 Å². The number of aliphatic hydroxyl groups is 2. The third-order valence-electron chi connectivity index (χ3n) is 3.14. The Morgan fingerprint density at radius 3 is 2.12 bits per heavy atom. The highest BCUT2D eigenvalue weighted by molar-refractivity contribution is 5.81. The van der Waals surface area contributed by atoms with Crippen molar-refractivity contribution in [3.05, 3.63) is 12.7 Å². The fourth-order valence-corrected chi connectivity index (χ4v) is 1.69. The van der Waals surface area contributed by atoms with Gasteiger partial charge in [0.1, 0.15) is 18.8 Å². The summed E-state index contributed by atoms with van der Waals surface area (Å²) in [7, 11) is 0. The fourth-order valence-electron chi connectivity index (χ4n) is 1.69. The second kappa shape index (κ2) is 11.4. The van der Waals surface area contributed by atoms with E-state index in [0.29, 0.717) is 0 Å². The maximum Gasteiger partial charge on any atom is 0.330 e. The summed E-state index contributed by atoms with van der Waals surface area (Å²) in [6, 6.07) is -0.596. The minimum Gasteiger partial charge on any atom is -0.463 e. The predicted molar refractivity (Wildman–Crippen MR) is 89.6 cm³/mol. The van der Waals surface area contributed by atoms with Crippen molar-refractivity contribution in [2.75, 3.05) is 39.5 Å². The minimum absolute atomic E-state index is 0.0146. The molecule has 0 radical (unpaired) electrons. The summed E-state index contributed by atoms with van der Waals surface area (Å²) in [6.45, 7) is 7.17. The molecule has 0 bridgehead atoms. The Balaban J connectivity index is 5.07. The number of carbonyl (C=O) groups excluding carboxylic acids is 3. The molecule has 9 heteroatoms. The molecule has 9 nitrogen and oxygen atoms in total. The second-order valence-electron chi connectivity index (χ2n) is 6.00. The van der Waals surface area contributed by atoms with Crippen LogP contribution < -0.4 is 5.32 Å². The number of aliphatic hydroxyl groups excluding tert-OH is 2. The molecule has 0 rings (SSSR count). The van der Waals surface area contributed by atoms with Crippen molar-refractivity contribution in [3.63, 3.8) is 0 Å². The summed E-state index contributed by atoms with van der Waals surface area (Å²) in [4.78, 5) is 36.5. The molecule has 3 N–H and O–H groups in total. The SMILES string of the molecule is C=CC(=O)OCC(C)(COC(=O)C(C)C)NC(=O)N(CCO)CCO. The molecule has 0 heterocycles. The zero-order valence-electron chi connectivity index (χ0n) is 15.0. The number of nitrogens with one attached hydrogen (secondary N) is 1. The minimum atomic E-state index is -1.19. The Labute approximate surface area is 147 Å². The van der Waals surface area contributed by atoms with Gasteiger partial charge >= 0.3 is 18.0 Å². The van der Waals surface area contributed by atoms with Crippen molar-refractivity contribution in [1.82, 2.24) is 10.2 Å². The van der Waals surface area contributed by atoms with Gasteiger partial charge in [-0.25, -0.2) is 9.59 Å². The van der Waals surface area contributed by atoms with E-state index in [1.807, 2.05) is 0 Å². The van der Waals surface area contributed by atoms with Crippen molar-refractivity contribution in [2.45, 2.75) is 26.3 Å². The van der Waals surface area contributed by atoms with Gasteiger partial charge in [0.05, 0.1) is 19.1 Å². The number of rotatable bonds is 11. The summed E-state index contributed by atoms with van der Waals surface area (Å²) < 4.78 is 10.1. The fraction of sp³-hybridized carbons (Fsp3) is 0.688. The van der Waals surface area contributed by atoms with Gasteiger partial charge < -0.3 is 29.9 Å². The van der Waals surface area contributed by atoms with Crippen LogP contribution in [0.5, 0.6) is 0 Å². The maximum absolute atomic E-state index is 12.3. The summed E-state index contributed by atoms with van der Waals surface area (Å²) >= 11 is 0.